The zero-order chi connectivity index (χ0) is 29.7. The first-order valence-electron chi connectivity index (χ1n) is 13.1. The standard InChI is InChI=1S/C27H30IN7O3.CH2O2/c1-16(35-26-22(24(28)32-35)25(29)30-15-31-26)23-21(18-7-4-5-8-19(18)27(37)38-23)17-10-13-34(14-11-17)20(36)9-6-12-33(2)3;2-1-3/h4-5,7-8,10,15-16H,6,9,11-14H2,1-3H3,(H2,29,30,31);1H,(H,2,3). The third-order valence-corrected chi connectivity index (χ3v) is 7.72. The molecule has 1 atom stereocenters. The fourth-order valence-corrected chi connectivity index (χ4v) is 5.75. The van der Waals surface area contributed by atoms with Crippen molar-refractivity contribution in [1.29, 1.82) is 0 Å². The Hall–Kier alpha value is -3.85. The Morgan fingerprint density at radius 1 is 1.27 bits per heavy atom. The van der Waals surface area contributed by atoms with Gasteiger partial charge in [-0.1, -0.05) is 24.3 Å². The van der Waals surface area contributed by atoms with Gasteiger partial charge in [0, 0.05) is 25.1 Å². The first kappa shape index (κ1) is 30.1. The zero-order valence-corrected chi connectivity index (χ0v) is 25.2. The minimum absolute atomic E-state index is 0.162. The normalized spacial score (nSPS) is 14.1. The second-order valence-electron chi connectivity index (χ2n) is 9.87. The first-order valence-corrected chi connectivity index (χ1v) is 14.1. The van der Waals surface area contributed by atoms with E-state index in [-0.39, 0.29) is 12.4 Å². The summed E-state index contributed by atoms with van der Waals surface area (Å²) in [5.74, 6) is 1.02. The molecule has 0 bridgehead atoms. The monoisotopic (exact) mass is 673 g/mol. The molecule has 0 fully saturated rings. The summed E-state index contributed by atoms with van der Waals surface area (Å²) in [5, 5.41) is 13.6. The van der Waals surface area contributed by atoms with Crippen LogP contribution >= 0.6 is 22.6 Å². The van der Waals surface area contributed by atoms with E-state index in [1.165, 1.54) is 6.33 Å². The molecule has 13 heteroatoms. The molecular weight excluding hydrogens is 641 g/mol. The number of carbonyl (C=O) groups excluding carboxylic acids is 1. The van der Waals surface area contributed by atoms with E-state index in [2.05, 4.69) is 48.6 Å². The van der Waals surface area contributed by atoms with Crippen molar-refractivity contribution in [2.75, 3.05) is 39.5 Å². The van der Waals surface area contributed by atoms with Crippen LogP contribution in [-0.4, -0.2) is 80.8 Å². The summed E-state index contributed by atoms with van der Waals surface area (Å²) >= 11 is 2.12. The fourth-order valence-electron chi connectivity index (χ4n) is 5.00. The van der Waals surface area contributed by atoms with Gasteiger partial charge in [0.2, 0.25) is 5.91 Å². The van der Waals surface area contributed by atoms with E-state index in [1.54, 1.807) is 10.7 Å². The molecule has 0 radical (unpaired) electrons. The maximum atomic E-state index is 13.1. The van der Waals surface area contributed by atoms with Gasteiger partial charge in [-0.25, -0.2) is 19.4 Å². The van der Waals surface area contributed by atoms with E-state index in [0.29, 0.717) is 57.6 Å². The Morgan fingerprint density at radius 3 is 2.63 bits per heavy atom. The number of fused-ring (bicyclic) bond motifs is 2. The highest BCUT2D eigenvalue weighted by Gasteiger charge is 2.28. The van der Waals surface area contributed by atoms with Crippen molar-refractivity contribution in [3.8, 4) is 0 Å². The molecule has 0 saturated heterocycles. The predicted octanol–water partition coefficient (Wildman–Crippen LogP) is 3.39. The van der Waals surface area contributed by atoms with Crippen LogP contribution in [0.15, 0.2) is 45.9 Å². The number of aromatic nitrogens is 4. The van der Waals surface area contributed by atoms with Crippen LogP contribution in [0.2, 0.25) is 0 Å². The highest BCUT2D eigenvalue weighted by Crippen LogP contribution is 2.36. The van der Waals surface area contributed by atoms with Crippen LogP contribution < -0.4 is 11.4 Å². The van der Waals surface area contributed by atoms with Crippen molar-refractivity contribution in [3.63, 3.8) is 0 Å². The third-order valence-electron chi connectivity index (χ3n) is 6.97. The number of hydrogen-bond acceptors (Lipinski definition) is 9. The fraction of sp³-hybridized carbons (Fsp3) is 0.357. The van der Waals surface area contributed by atoms with Crippen LogP contribution in [0.3, 0.4) is 0 Å². The highest BCUT2D eigenvalue weighted by molar-refractivity contribution is 14.1. The van der Waals surface area contributed by atoms with E-state index in [0.717, 1.165) is 29.5 Å². The highest BCUT2D eigenvalue weighted by atomic mass is 127. The number of carboxylic acid groups (broad SMARTS) is 1. The molecule has 3 N–H and O–H groups in total. The lowest BCUT2D eigenvalue weighted by Crippen LogP contribution is -2.35. The first-order chi connectivity index (χ1) is 19.7. The number of amides is 1. The number of nitrogen functional groups attached to an aromatic ring is 1. The summed E-state index contributed by atoms with van der Waals surface area (Å²) in [7, 11) is 4.02. The largest absolute Gasteiger partial charge is 0.483 e. The molecule has 4 heterocycles. The van der Waals surface area contributed by atoms with Crippen LogP contribution in [0.1, 0.15) is 43.6 Å². The van der Waals surface area contributed by atoms with Crippen molar-refractivity contribution in [1.82, 2.24) is 29.5 Å². The van der Waals surface area contributed by atoms with Gasteiger partial charge >= 0.3 is 5.63 Å². The van der Waals surface area contributed by atoms with Crippen molar-refractivity contribution >= 4 is 68.2 Å². The van der Waals surface area contributed by atoms with Crippen molar-refractivity contribution in [2.24, 2.45) is 0 Å². The Morgan fingerprint density at radius 2 is 1.98 bits per heavy atom. The van der Waals surface area contributed by atoms with Crippen LogP contribution in [0.5, 0.6) is 0 Å². The second kappa shape index (κ2) is 13.2. The van der Waals surface area contributed by atoms with Gasteiger partial charge in [-0.3, -0.25) is 9.59 Å². The minimum atomic E-state index is -0.450. The van der Waals surface area contributed by atoms with Crippen LogP contribution in [0, 0.1) is 3.70 Å². The van der Waals surface area contributed by atoms with Gasteiger partial charge in [-0.2, -0.15) is 5.10 Å². The molecular formula is C28H32IN7O5. The number of anilines is 1. The molecule has 12 nitrogen and oxygen atoms in total. The number of carbonyl (C=O) groups is 2. The maximum absolute atomic E-state index is 13.1. The predicted molar refractivity (Wildman–Crippen MR) is 164 cm³/mol. The van der Waals surface area contributed by atoms with Gasteiger partial charge in [-0.05, 0) is 80.0 Å². The van der Waals surface area contributed by atoms with Crippen LogP contribution in [0.4, 0.5) is 5.82 Å². The number of hydrogen-bond donors (Lipinski definition) is 2. The number of nitrogens with two attached hydrogens (primary N) is 1. The van der Waals surface area contributed by atoms with Gasteiger partial charge in [0.05, 0.1) is 10.8 Å². The molecule has 5 rings (SSSR count). The van der Waals surface area contributed by atoms with Gasteiger partial charge in [0.15, 0.2) is 5.65 Å². The van der Waals surface area contributed by atoms with E-state index in [4.69, 9.17) is 20.1 Å². The molecule has 1 aromatic carbocycles. The average Bonchev–Trinajstić information content (AvgIpc) is 3.30. The zero-order valence-electron chi connectivity index (χ0n) is 23.1. The van der Waals surface area contributed by atoms with E-state index in [9.17, 15) is 9.59 Å². The van der Waals surface area contributed by atoms with Crippen LogP contribution in [-0.2, 0) is 9.59 Å². The van der Waals surface area contributed by atoms with Crippen LogP contribution in [0.25, 0.3) is 27.4 Å². The van der Waals surface area contributed by atoms with Gasteiger partial charge < -0.3 is 25.1 Å². The quantitative estimate of drug-likeness (QED) is 0.220. The summed E-state index contributed by atoms with van der Waals surface area (Å²) in [6.45, 7) is 3.69. The van der Waals surface area contributed by atoms with Gasteiger partial charge in [-0.15, -0.1) is 0 Å². The molecule has 0 saturated carbocycles. The van der Waals surface area contributed by atoms with Crippen molar-refractivity contribution in [2.45, 2.75) is 32.2 Å². The average molecular weight is 674 g/mol. The lowest BCUT2D eigenvalue weighted by atomic mass is 9.92. The number of nitrogens with zero attached hydrogens (tertiary/aromatic N) is 6. The maximum Gasteiger partial charge on any atom is 0.343 e. The summed E-state index contributed by atoms with van der Waals surface area (Å²) in [6, 6.07) is 7.03. The molecule has 216 valence electrons. The van der Waals surface area contributed by atoms with E-state index in [1.807, 2.05) is 44.1 Å². The summed E-state index contributed by atoms with van der Waals surface area (Å²) in [4.78, 5) is 46.7. The molecule has 1 amide bonds. The molecule has 0 aliphatic carbocycles. The molecule has 4 aromatic rings. The Kier molecular flexibility index (Phi) is 9.70. The Bertz CT molecular complexity index is 1660. The molecule has 1 aliphatic rings. The molecule has 1 aliphatic heterocycles. The molecule has 3 aromatic heterocycles. The number of rotatable bonds is 7. The number of benzene rings is 1. The topological polar surface area (TPSA) is 161 Å². The molecule has 0 spiro atoms. The van der Waals surface area contributed by atoms with E-state index < -0.39 is 11.7 Å². The lowest BCUT2D eigenvalue weighted by molar-refractivity contribution is -0.131. The van der Waals surface area contributed by atoms with E-state index >= 15 is 0 Å². The van der Waals surface area contributed by atoms with Gasteiger partial charge in [0.25, 0.3) is 6.47 Å². The lowest BCUT2D eigenvalue weighted by Gasteiger charge is -2.28. The Labute approximate surface area is 250 Å². The summed E-state index contributed by atoms with van der Waals surface area (Å²) < 4.78 is 8.42. The molecule has 1 unspecified atom stereocenters. The minimum Gasteiger partial charge on any atom is -0.483 e. The van der Waals surface area contributed by atoms with Crippen molar-refractivity contribution < 1.29 is 19.1 Å². The summed E-state index contributed by atoms with van der Waals surface area (Å²) in [5.41, 5.74) is 8.20. The molecule has 41 heavy (non-hydrogen) atoms. The Balaban J connectivity index is 0.00000124. The second-order valence-corrected chi connectivity index (χ2v) is 10.9. The summed E-state index contributed by atoms with van der Waals surface area (Å²) in [6.07, 6.45) is 5.51. The van der Waals surface area contributed by atoms with Crippen molar-refractivity contribution in [3.05, 3.63) is 62.1 Å². The number of halogens is 1. The van der Waals surface area contributed by atoms with Gasteiger partial charge in [0.1, 0.15) is 27.6 Å². The smallest absolute Gasteiger partial charge is 0.343 e. The SMILES string of the molecule is CC(c1oc(=O)c2ccccc2c1C1=CCN(C(=O)CCCN(C)C)CC1)n1nc(I)c2c(N)ncnc21.O=CO. The third kappa shape index (κ3) is 6.40.